The maximum Gasteiger partial charge on any atom is 0.137 e. The van der Waals surface area contributed by atoms with Crippen LogP contribution in [0, 0.1) is 0 Å². The SMILES string of the molecule is c1cc(-c2cccc(-n3c4ccccc4c4ccccc43)c2)cc(N(c2ccc3c(c2)oc2ccccc23)c2cc3c4ccccc4ccc3c3ccccc23)c1. The molecule has 0 saturated heterocycles. The van der Waals surface area contributed by atoms with E-state index in [1.807, 2.05) is 12.1 Å². The lowest BCUT2D eigenvalue weighted by Crippen LogP contribution is -2.11. The monoisotopic (exact) mass is 726 g/mol. The number of fused-ring (bicyclic) bond motifs is 11. The number of aromatic nitrogens is 1. The third-order valence-corrected chi connectivity index (χ3v) is 11.7. The van der Waals surface area contributed by atoms with Crippen LogP contribution in [0.15, 0.2) is 211 Å². The molecule has 0 aliphatic carbocycles. The number of nitrogens with zero attached hydrogens (tertiary/aromatic N) is 2. The van der Waals surface area contributed by atoms with Crippen molar-refractivity contribution in [2.45, 2.75) is 0 Å². The van der Waals surface area contributed by atoms with E-state index in [1.165, 1.54) is 54.1 Å². The van der Waals surface area contributed by atoms with Crippen LogP contribution in [0.1, 0.15) is 0 Å². The van der Waals surface area contributed by atoms with Crippen LogP contribution in [0.3, 0.4) is 0 Å². The number of furan rings is 1. The highest BCUT2D eigenvalue weighted by Gasteiger charge is 2.21. The topological polar surface area (TPSA) is 21.3 Å². The van der Waals surface area contributed by atoms with Crippen LogP contribution in [-0.2, 0) is 0 Å². The van der Waals surface area contributed by atoms with Gasteiger partial charge in [0.05, 0.1) is 16.7 Å². The van der Waals surface area contributed by atoms with Crippen molar-refractivity contribution in [1.29, 1.82) is 0 Å². The first-order valence-electron chi connectivity index (χ1n) is 19.5. The number of rotatable bonds is 5. The van der Waals surface area contributed by atoms with Gasteiger partial charge in [-0.3, -0.25) is 0 Å². The standard InChI is InChI=1S/C54H34N2O/c1-2-18-41-35(13-1)27-29-43-42-19-3-4-20-44(42)52(34-49(41)43)55(40-28-30-48-47-23-7-10-26-53(47)57-54(48)33-40)38-16-11-14-36(31-38)37-15-12-17-39(32-37)56-50-24-8-5-21-45(50)46-22-6-9-25-51(46)56/h1-34H. The van der Waals surface area contributed by atoms with Gasteiger partial charge in [-0.05, 0) is 98.7 Å². The molecular formula is C54H34N2O. The number of hydrogen-bond acceptors (Lipinski definition) is 2. The van der Waals surface area contributed by atoms with Crippen LogP contribution in [0.5, 0.6) is 0 Å². The van der Waals surface area contributed by atoms with E-state index in [2.05, 4.69) is 204 Å². The summed E-state index contributed by atoms with van der Waals surface area (Å²) in [5.74, 6) is 0. The van der Waals surface area contributed by atoms with E-state index in [0.717, 1.165) is 55.8 Å². The van der Waals surface area contributed by atoms with Gasteiger partial charge in [0.15, 0.2) is 0 Å². The molecule has 0 saturated carbocycles. The number of benzene rings is 10. The predicted molar refractivity (Wildman–Crippen MR) is 241 cm³/mol. The molecule has 0 N–H and O–H groups in total. The van der Waals surface area contributed by atoms with Gasteiger partial charge < -0.3 is 13.9 Å². The van der Waals surface area contributed by atoms with Gasteiger partial charge in [-0.15, -0.1) is 0 Å². The Labute approximate surface area is 328 Å². The van der Waals surface area contributed by atoms with Gasteiger partial charge >= 0.3 is 0 Å². The second kappa shape index (κ2) is 12.5. The average Bonchev–Trinajstić information content (AvgIpc) is 3.82. The summed E-state index contributed by atoms with van der Waals surface area (Å²) in [6, 6.07) is 74.6. The summed E-state index contributed by atoms with van der Waals surface area (Å²) in [7, 11) is 0. The molecule has 0 aliphatic rings. The molecule has 0 atom stereocenters. The molecule has 2 heterocycles. The summed E-state index contributed by atoms with van der Waals surface area (Å²) in [5, 5.41) is 12.1. The van der Waals surface area contributed by atoms with Crippen molar-refractivity contribution in [3.8, 4) is 16.8 Å². The molecule has 0 unspecified atom stereocenters. The van der Waals surface area contributed by atoms with E-state index in [-0.39, 0.29) is 0 Å². The summed E-state index contributed by atoms with van der Waals surface area (Å²) >= 11 is 0. The van der Waals surface area contributed by atoms with Gasteiger partial charge in [0, 0.05) is 50.1 Å². The van der Waals surface area contributed by atoms with Crippen LogP contribution < -0.4 is 4.90 Å². The normalized spacial score (nSPS) is 11.9. The van der Waals surface area contributed by atoms with Crippen molar-refractivity contribution < 1.29 is 4.42 Å². The predicted octanol–water partition coefficient (Wildman–Crippen LogP) is 15.3. The molecule has 57 heavy (non-hydrogen) atoms. The molecule has 0 amide bonds. The van der Waals surface area contributed by atoms with Gasteiger partial charge in [0.25, 0.3) is 0 Å². The van der Waals surface area contributed by atoms with Crippen molar-refractivity contribution in [2.75, 3.05) is 4.90 Å². The third kappa shape index (κ3) is 4.92. The van der Waals surface area contributed by atoms with Crippen molar-refractivity contribution >= 4 is 93.1 Å². The van der Waals surface area contributed by atoms with Gasteiger partial charge in [-0.25, -0.2) is 0 Å². The Morgan fingerprint density at radius 1 is 0.333 bits per heavy atom. The first kappa shape index (κ1) is 31.7. The number of hydrogen-bond donors (Lipinski definition) is 0. The third-order valence-electron chi connectivity index (χ3n) is 11.7. The van der Waals surface area contributed by atoms with E-state index >= 15 is 0 Å². The van der Waals surface area contributed by atoms with Crippen LogP contribution in [-0.4, -0.2) is 4.57 Å². The Bertz CT molecular complexity index is 3500. The van der Waals surface area contributed by atoms with E-state index in [0.29, 0.717) is 0 Å². The Kier molecular flexibility index (Phi) is 6.93. The highest BCUT2D eigenvalue weighted by atomic mass is 16.3. The lowest BCUT2D eigenvalue weighted by atomic mass is 9.95. The Balaban J connectivity index is 1.09. The smallest absolute Gasteiger partial charge is 0.137 e. The maximum atomic E-state index is 6.50. The molecule has 2 aromatic heterocycles. The number of para-hydroxylation sites is 3. The van der Waals surface area contributed by atoms with E-state index in [9.17, 15) is 0 Å². The van der Waals surface area contributed by atoms with E-state index in [4.69, 9.17) is 4.42 Å². The molecule has 12 aromatic rings. The zero-order valence-electron chi connectivity index (χ0n) is 30.9. The van der Waals surface area contributed by atoms with E-state index < -0.39 is 0 Å². The summed E-state index contributed by atoms with van der Waals surface area (Å²) in [6.07, 6.45) is 0. The maximum absolute atomic E-state index is 6.50. The molecule has 12 rings (SSSR count). The summed E-state index contributed by atoms with van der Waals surface area (Å²) in [4.78, 5) is 2.41. The first-order valence-corrected chi connectivity index (χ1v) is 19.5. The summed E-state index contributed by atoms with van der Waals surface area (Å²) in [6.45, 7) is 0. The molecule has 266 valence electrons. The minimum atomic E-state index is 0.865. The minimum Gasteiger partial charge on any atom is -0.456 e. The second-order valence-electron chi connectivity index (χ2n) is 14.9. The fourth-order valence-corrected chi connectivity index (χ4v) is 9.16. The molecule has 3 heteroatoms. The van der Waals surface area contributed by atoms with Gasteiger partial charge in [-0.1, -0.05) is 140 Å². The second-order valence-corrected chi connectivity index (χ2v) is 14.9. The average molecular weight is 727 g/mol. The Morgan fingerprint density at radius 3 is 1.72 bits per heavy atom. The molecule has 0 fully saturated rings. The molecule has 3 nitrogen and oxygen atoms in total. The highest BCUT2D eigenvalue weighted by Crippen LogP contribution is 2.45. The van der Waals surface area contributed by atoms with Crippen LogP contribution in [0.25, 0.3) is 92.9 Å². The van der Waals surface area contributed by atoms with Crippen LogP contribution in [0.2, 0.25) is 0 Å². The molecular weight excluding hydrogens is 693 g/mol. The van der Waals surface area contributed by atoms with Crippen LogP contribution >= 0.6 is 0 Å². The van der Waals surface area contributed by atoms with Crippen molar-refractivity contribution in [3.05, 3.63) is 206 Å². The van der Waals surface area contributed by atoms with E-state index in [1.54, 1.807) is 0 Å². The highest BCUT2D eigenvalue weighted by molar-refractivity contribution is 6.21. The fraction of sp³-hybridized carbons (Fsp3) is 0. The quantitative estimate of drug-likeness (QED) is 0.165. The van der Waals surface area contributed by atoms with Crippen molar-refractivity contribution in [1.82, 2.24) is 4.57 Å². The Hall–Kier alpha value is -7.62. The molecule has 0 aliphatic heterocycles. The van der Waals surface area contributed by atoms with Crippen molar-refractivity contribution in [3.63, 3.8) is 0 Å². The van der Waals surface area contributed by atoms with Crippen molar-refractivity contribution in [2.24, 2.45) is 0 Å². The van der Waals surface area contributed by atoms with Gasteiger partial charge in [0.2, 0.25) is 0 Å². The minimum absolute atomic E-state index is 0.865. The molecule has 10 aromatic carbocycles. The lowest BCUT2D eigenvalue weighted by Gasteiger charge is -2.28. The number of anilines is 3. The molecule has 0 radical (unpaired) electrons. The zero-order chi connectivity index (χ0) is 37.5. The lowest BCUT2D eigenvalue weighted by molar-refractivity contribution is 0.669. The largest absolute Gasteiger partial charge is 0.456 e. The molecule has 0 bridgehead atoms. The van der Waals surface area contributed by atoms with Crippen LogP contribution in [0.4, 0.5) is 17.1 Å². The first-order chi connectivity index (χ1) is 28.3. The van der Waals surface area contributed by atoms with Gasteiger partial charge in [0.1, 0.15) is 11.2 Å². The zero-order valence-corrected chi connectivity index (χ0v) is 30.9. The summed E-state index contributed by atoms with van der Waals surface area (Å²) in [5.41, 5.74) is 10.8. The molecule has 0 spiro atoms. The van der Waals surface area contributed by atoms with Gasteiger partial charge in [-0.2, -0.15) is 0 Å². The fourth-order valence-electron chi connectivity index (χ4n) is 9.16. The Morgan fingerprint density at radius 2 is 0.912 bits per heavy atom. The summed E-state index contributed by atoms with van der Waals surface area (Å²) < 4.78 is 8.89.